The van der Waals surface area contributed by atoms with Crippen molar-refractivity contribution in [2.75, 3.05) is 11.4 Å². The lowest BCUT2D eigenvalue weighted by Gasteiger charge is -2.24. The highest BCUT2D eigenvalue weighted by atomic mass is 79.9. The fraction of sp³-hybridized carbons (Fsp3) is 0.188. The molecule has 0 bridgehead atoms. The third-order valence-electron chi connectivity index (χ3n) is 3.14. The van der Waals surface area contributed by atoms with Crippen LogP contribution in [0.5, 0.6) is 0 Å². The van der Waals surface area contributed by atoms with Crippen LogP contribution < -0.4 is 4.90 Å². The number of carboxylic acids is 1. The van der Waals surface area contributed by atoms with Gasteiger partial charge in [0.1, 0.15) is 0 Å². The molecule has 0 saturated carbocycles. The van der Waals surface area contributed by atoms with Gasteiger partial charge < -0.3 is 10.0 Å². The van der Waals surface area contributed by atoms with Crippen LogP contribution in [0, 0.1) is 5.92 Å². The molecule has 1 unspecified atom stereocenters. The summed E-state index contributed by atoms with van der Waals surface area (Å²) in [6, 6.07) is 10.7. The number of hydrogen-bond acceptors (Lipinski definition) is 3. The van der Waals surface area contributed by atoms with Crippen LogP contribution in [-0.4, -0.2) is 28.5 Å². The van der Waals surface area contributed by atoms with E-state index in [1.165, 1.54) is 11.1 Å². The van der Waals surface area contributed by atoms with Crippen LogP contribution in [0.3, 0.4) is 0 Å². The Labute approximate surface area is 136 Å². The average Bonchev–Trinajstić information content (AvgIpc) is 2.52. The Bertz CT molecular complexity index is 676. The van der Waals surface area contributed by atoms with Crippen molar-refractivity contribution in [3.63, 3.8) is 0 Å². The molecule has 114 valence electrons. The molecule has 6 heteroatoms. The van der Waals surface area contributed by atoms with E-state index in [0.717, 1.165) is 0 Å². The van der Waals surface area contributed by atoms with E-state index in [1.807, 2.05) is 6.07 Å². The van der Waals surface area contributed by atoms with E-state index >= 15 is 0 Å². The van der Waals surface area contributed by atoms with E-state index < -0.39 is 11.9 Å². The molecule has 0 spiro atoms. The first-order valence-corrected chi connectivity index (χ1v) is 7.48. The Kier molecular flexibility index (Phi) is 5.27. The number of rotatable bonds is 5. The Morgan fingerprint density at radius 1 is 1.27 bits per heavy atom. The minimum atomic E-state index is -0.943. The van der Waals surface area contributed by atoms with Crippen molar-refractivity contribution < 1.29 is 14.7 Å². The molecule has 0 aliphatic rings. The lowest BCUT2D eigenvalue weighted by atomic mass is 10.1. The number of carbonyl (C=O) groups is 2. The van der Waals surface area contributed by atoms with E-state index in [9.17, 15) is 9.59 Å². The van der Waals surface area contributed by atoms with E-state index in [-0.39, 0.29) is 12.5 Å². The average molecular weight is 363 g/mol. The molecule has 5 nitrogen and oxygen atoms in total. The van der Waals surface area contributed by atoms with E-state index in [1.54, 1.807) is 43.5 Å². The van der Waals surface area contributed by atoms with Crippen molar-refractivity contribution in [2.24, 2.45) is 5.92 Å². The van der Waals surface area contributed by atoms with E-state index in [4.69, 9.17) is 5.11 Å². The molecule has 0 saturated heterocycles. The summed E-state index contributed by atoms with van der Waals surface area (Å²) in [4.78, 5) is 29.3. The Morgan fingerprint density at radius 3 is 2.55 bits per heavy atom. The predicted octanol–water partition coefficient (Wildman–Crippen LogP) is 3.21. The molecule has 1 atom stereocenters. The largest absolute Gasteiger partial charge is 0.481 e. The topological polar surface area (TPSA) is 70.5 Å². The maximum absolute atomic E-state index is 12.7. The summed E-state index contributed by atoms with van der Waals surface area (Å²) in [6.07, 6.45) is 3.05. The van der Waals surface area contributed by atoms with Gasteiger partial charge in [-0.25, -0.2) is 0 Å². The summed E-state index contributed by atoms with van der Waals surface area (Å²) >= 11 is 3.28. The number of hydrogen-bond donors (Lipinski definition) is 1. The molecular weight excluding hydrogens is 348 g/mol. The number of anilines is 1. The zero-order valence-corrected chi connectivity index (χ0v) is 13.5. The van der Waals surface area contributed by atoms with Gasteiger partial charge in [0, 0.05) is 29.1 Å². The molecule has 1 aromatic heterocycles. The van der Waals surface area contributed by atoms with Gasteiger partial charge in [0.05, 0.1) is 11.5 Å². The molecule has 0 fully saturated rings. The fourth-order valence-electron chi connectivity index (χ4n) is 1.95. The van der Waals surface area contributed by atoms with Crippen LogP contribution in [0.1, 0.15) is 17.3 Å². The quantitative estimate of drug-likeness (QED) is 0.886. The zero-order chi connectivity index (χ0) is 16.1. The fourth-order valence-corrected chi connectivity index (χ4v) is 2.31. The van der Waals surface area contributed by atoms with Gasteiger partial charge in [0.2, 0.25) is 0 Å². The maximum Gasteiger partial charge on any atom is 0.308 e. The molecule has 0 radical (unpaired) electrons. The lowest BCUT2D eigenvalue weighted by molar-refractivity contribution is -0.140. The number of carbonyl (C=O) groups excluding carboxylic acids is 1. The number of carboxylic acid groups (broad SMARTS) is 1. The molecule has 2 aromatic rings. The Balaban J connectivity index is 2.35. The molecule has 0 aliphatic heterocycles. The van der Waals surface area contributed by atoms with Crippen LogP contribution in [0.15, 0.2) is 53.3 Å². The van der Waals surface area contributed by atoms with Crippen LogP contribution >= 0.6 is 15.9 Å². The first kappa shape index (κ1) is 16.2. The third-order valence-corrected chi connectivity index (χ3v) is 3.58. The number of amides is 1. The van der Waals surface area contributed by atoms with E-state index in [2.05, 4.69) is 20.9 Å². The van der Waals surface area contributed by atoms with Gasteiger partial charge in [-0.1, -0.05) is 25.1 Å². The summed E-state index contributed by atoms with van der Waals surface area (Å²) in [6.45, 7) is 1.66. The number of para-hydroxylation sites is 1. The number of aromatic nitrogens is 1. The van der Waals surface area contributed by atoms with Gasteiger partial charge in [0.25, 0.3) is 5.91 Å². The molecule has 0 aliphatic carbocycles. The lowest BCUT2D eigenvalue weighted by Crippen LogP contribution is -2.37. The van der Waals surface area contributed by atoms with Crippen molar-refractivity contribution in [1.29, 1.82) is 0 Å². The second kappa shape index (κ2) is 7.17. The van der Waals surface area contributed by atoms with Gasteiger partial charge in [-0.2, -0.15) is 0 Å². The summed E-state index contributed by atoms with van der Waals surface area (Å²) in [5.41, 5.74) is 1.05. The molecule has 2 rings (SSSR count). The van der Waals surface area contributed by atoms with Gasteiger partial charge in [-0.15, -0.1) is 0 Å². The number of aliphatic carboxylic acids is 1. The van der Waals surface area contributed by atoms with Crippen LogP contribution in [-0.2, 0) is 4.79 Å². The number of pyridine rings is 1. The monoisotopic (exact) mass is 362 g/mol. The van der Waals surface area contributed by atoms with Gasteiger partial charge in [-0.3, -0.25) is 14.6 Å². The van der Waals surface area contributed by atoms with Gasteiger partial charge >= 0.3 is 5.97 Å². The zero-order valence-electron chi connectivity index (χ0n) is 11.9. The molecule has 1 aromatic carbocycles. The summed E-state index contributed by atoms with van der Waals surface area (Å²) in [7, 11) is 0. The van der Waals surface area contributed by atoms with Crippen molar-refractivity contribution in [1.82, 2.24) is 4.98 Å². The second-order valence-electron chi connectivity index (χ2n) is 4.88. The van der Waals surface area contributed by atoms with Crippen molar-refractivity contribution >= 4 is 33.5 Å². The highest BCUT2D eigenvalue weighted by Crippen LogP contribution is 2.20. The summed E-state index contributed by atoms with van der Waals surface area (Å²) in [5, 5.41) is 9.12. The van der Waals surface area contributed by atoms with Crippen LogP contribution in [0.4, 0.5) is 5.69 Å². The van der Waals surface area contributed by atoms with Crippen molar-refractivity contribution in [3.8, 4) is 0 Å². The summed E-state index contributed by atoms with van der Waals surface area (Å²) < 4.78 is 0.692. The van der Waals surface area contributed by atoms with E-state index in [0.29, 0.717) is 15.7 Å². The highest BCUT2D eigenvalue weighted by molar-refractivity contribution is 9.10. The minimum Gasteiger partial charge on any atom is -0.481 e. The van der Waals surface area contributed by atoms with Gasteiger partial charge in [0.15, 0.2) is 0 Å². The second-order valence-corrected chi connectivity index (χ2v) is 5.80. The number of halogens is 1. The third kappa shape index (κ3) is 3.92. The van der Waals surface area contributed by atoms with Crippen molar-refractivity contribution in [2.45, 2.75) is 6.92 Å². The standard InChI is InChI=1S/C16H15BrN2O3/c1-11(16(21)22)10-19(14-5-3-2-4-6-14)15(20)12-7-13(17)9-18-8-12/h2-9,11H,10H2,1H3,(H,21,22). The Hall–Kier alpha value is -2.21. The van der Waals surface area contributed by atoms with Crippen LogP contribution in [0.25, 0.3) is 0 Å². The smallest absolute Gasteiger partial charge is 0.308 e. The summed E-state index contributed by atoms with van der Waals surface area (Å²) in [5.74, 6) is -1.90. The molecular formula is C16H15BrN2O3. The highest BCUT2D eigenvalue weighted by Gasteiger charge is 2.23. The van der Waals surface area contributed by atoms with Crippen LogP contribution in [0.2, 0.25) is 0 Å². The first-order valence-electron chi connectivity index (χ1n) is 6.69. The normalized spacial score (nSPS) is 11.7. The number of benzene rings is 1. The molecule has 22 heavy (non-hydrogen) atoms. The molecule has 1 amide bonds. The SMILES string of the molecule is CC(CN(C(=O)c1cncc(Br)c1)c1ccccc1)C(=O)O. The predicted molar refractivity (Wildman–Crippen MR) is 86.9 cm³/mol. The maximum atomic E-state index is 12.7. The van der Waals surface area contributed by atoms with Crippen molar-refractivity contribution in [3.05, 3.63) is 58.8 Å². The molecule has 1 heterocycles. The Morgan fingerprint density at radius 2 is 1.95 bits per heavy atom. The first-order chi connectivity index (χ1) is 10.5. The molecule has 1 N–H and O–H groups in total. The number of nitrogens with zero attached hydrogens (tertiary/aromatic N) is 2. The minimum absolute atomic E-state index is 0.0880. The van der Waals surface area contributed by atoms with Gasteiger partial charge in [-0.05, 0) is 34.1 Å².